The summed E-state index contributed by atoms with van der Waals surface area (Å²) in [7, 11) is 0. The molecule has 0 spiro atoms. The SMILES string of the molecule is CC(=CCCBr)c1ccccc1OC(F)(F)F. The van der Waals surface area contributed by atoms with Crippen molar-refractivity contribution in [1.29, 1.82) is 0 Å². The number of alkyl halides is 4. The molecule has 0 N–H and O–H groups in total. The van der Waals surface area contributed by atoms with Crippen molar-refractivity contribution in [2.24, 2.45) is 0 Å². The van der Waals surface area contributed by atoms with E-state index in [2.05, 4.69) is 20.7 Å². The molecule has 0 bridgehead atoms. The van der Waals surface area contributed by atoms with Gasteiger partial charge < -0.3 is 4.74 Å². The Labute approximate surface area is 106 Å². The first-order chi connectivity index (χ1) is 7.94. The van der Waals surface area contributed by atoms with Crippen molar-refractivity contribution in [2.45, 2.75) is 19.7 Å². The Balaban J connectivity index is 2.99. The Bertz CT molecular complexity index is 399. The fourth-order valence-corrected chi connectivity index (χ4v) is 1.62. The molecule has 0 fully saturated rings. The Morgan fingerprint density at radius 1 is 1.35 bits per heavy atom. The summed E-state index contributed by atoms with van der Waals surface area (Å²) < 4.78 is 40.5. The van der Waals surface area contributed by atoms with Crippen molar-refractivity contribution in [3.8, 4) is 5.75 Å². The Morgan fingerprint density at radius 2 is 2.00 bits per heavy atom. The van der Waals surface area contributed by atoms with Gasteiger partial charge in [-0.15, -0.1) is 13.2 Å². The van der Waals surface area contributed by atoms with Crippen molar-refractivity contribution in [1.82, 2.24) is 0 Å². The summed E-state index contributed by atoms with van der Waals surface area (Å²) in [5.74, 6) is -0.164. The number of allylic oxidation sites excluding steroid dienone is 2. The van der Waals surface area contributed by atoms with E-state index in [1.54, 1.807) is 19.1 Å². The molecule has 0 radical (unpaired) electrons. The molecule has 0 heterocycles. The predicted octanol–water partition coefficient (Wildman–Crippen LogP) is 4.77. The van der Waals surface area contributed by atoms with Crippen LogP contribution in [0.4, 0.5) is 13.2 Å². The van der Waals surface area contributed by atoms with Crippen LogP contribution >= 0.6 is 15.9 Å². The number of para-hydroxylation sites is 1. The van der Waals surface area contributed by atoms with Crippen molar-refractivity contribution < 1.29 is 17.9 Å². The largest absolute Gasteiger partial charge is 0.573 e. The lowest BCUT2D eigenvalue weighted by Gasteiger charge is -2.13. The number of hydrogen-bond acceptors (Lipinski definition) is 1. The fraction of sp³-hybridized carbons (Fsp3) is 0.333. The molecule has 1 rings (SSSR count). The third kappa shape index (κ3) is 4.81. The van der Waals surface area contributed by atoms with Crippen LogP contribution in [-0.2, 0) is 0 Å². The summed E-state index contributed by atoms with van der Waals surface area (Å²) in [6.07, 6.45) is -2.04. The van der Waals surface area contributed by atoms with E-state index in [1.807, 2.05) is 6.08 Å². The lowest BCUT2D eigenvalue weighted by molar-refractivity contribution is -0.274. The van der Waals surface area contributed by atoms with E-state index < -0.39 is 6.36 Å². The number of hydrogen-bond donors (Lipinski definition) is 0. The lowest BCUT2D eigenvalue weighted by atomic mass is 10.1. The van der Waals surface area contributed by atoms with E-state index in [1.165, 1.54) is 12.1 Å². The van der Waals surface area contributed by atoms with Gasteiger partial charge in [-0.25, -0.2) is 0 Å². The van der Waals surface area contributed by atoms with Gasteiger partial charge >= 0.3 is 6.36 Å². The molecule has 5 heteroatoms. The number of benzene rings is 1. The minimum atomic E-state index is -4.66. The summed E-state index contributed by atoms with van der Waals surface area (Å²) in [5, 5.41) is 0.770. The quantitative estimate of drug-likeness (QED) is 0.728. The van der Waals surface area contributed by atoms with Gasteiger partial charge in [-0.1, -0.05) is 40.2 Å². The summed E-state index contributed by atoms with van der Waals surface area (Å²) in [4.78, 5) is 0. The van der Waals surface area contributed by atoms with Crippen molar-refractivity contribution in [3.05, 3.63) is 35.9 Å². The van der Waals surface area contributed by atoms with Crippen LogP contribution in [0.3, 0.4) is 0 Å². The van der Waals surface area contributed by atoms with Gasteiger partial charge in [0.1, 0.15) is 5.75 Å². The molecule has 0 aromatic heterocycles. The summed E-state index contributed by atoms with van der Waals surface area (Å²) in [6, 6.07) is 6.13. The second kappa shape index (κ2) is 6.10. The fourth-order valence-electron chi connectivity index (χ4n) is 1.39. The average Bonchev–Trinajstić information content (AvgIpc) is 2.24. The molecule has 17 heavy (non-hydrogen) atoms. The highest BCUT2D eigenvalue weighted by Crippen LogP contribution is 2.30. The molecule has 1 nitrogen and oxygen atoms in total. The molecule has 0 amide bonds. The zero-order valence-electron chi connectivity index (χ0n) is 9.22. The molecule has 0 saturated carbocycles. The molecule has 1 aromatic rings. The predicted molar refractivity (Wildman–Crippen MR) is 65.2 cm³/mol. The average molecular weight is 309 g/mol. The Kier molecular flexibility index (Phi) is 5.05. The van der Waals surface area contributed by atoms with Gasteiger partial charge in [0.15, 0.2) is 0 Å². The molecule has 0 aliphatic rings. The van der Waals surface area contributed by atoms with Crippen molar-refractivity contribution in [3.63, 3.8) is 0 Å². The molecular formula is C12H12BrF3O. The monoisotopic (exact) mass is 308 g/mol. The highest BCUT2D eigenvalue weighted by atomic mass is 79.9. The smallest absolute Gasteiger partial charge is 0.405 e. The van der Waals surface area contributed by atoms with E-state index in [4.69, 9.17) is 0 Å². The molecule has 0 aliphatic carbocycles. The Morgan fingerprint density at radius 3 is 2.59 bits per heavy atom. The van der Waals surface area contributed by atoms with Crippen molar-refractivity contribution in [2.75, 3.05) is 5.33 Å². The number of ether oxygens (including phenoxy) is 1. The van der Waals surface area contributed by atoms with Gasteiger partial charge in [0, 0.05) is 10.9 Å². The zero-order chi connectivity index (χ0) is 12.9. The van der Waals surface area contributed by atoms with Gasteiger partial charge in [0.25, 0.3) is 0 Å². The molecule has 0 unspecified atom stereocenters. The van der Waals surface area contributed by atoms with Crippen LogP contribution in [0, 0.1) is 0 Å². The lowest BCUT2D eigenvalue weighted by Crippen LogP contribution is -2.17. The maximum Gasteiger partial charge on any atom is 0.573 e. The summed E-state index contributed by atoms with van der Waals surface area (Å²) >= 11 is 3.26. The summed E-state index contributed by atoms with van der Waals surface area (Å²) in [6.45, 7) is 1.77. The molecule has 1 aromatic carbocycles. The van der Waals surface area contributed by atoms with Gasteiger partial charge in [-0.3, -0.25) is 0 Å². The van der Waals surface area contributed by atoms with E-state index >= 15 is 0 Å². The van der Waals surface area contributed by atoms with Gasteiger partial charge in [-0.05, 0) is 25.0 Å². The number of rotatable bonds is 4. The highest BCUT2D eigenvalue weighted by Gasteiger charge is 2.32. The van der Waals surface area contributed by atoms with Crippen LogP contribution in [-0.4, -0.2) is 11.7 Å². The first-order valence-corrected chi connectivity index (χ1v) is 6.14. The zero-order valence-corrected chi connectivity index (χ0v) is 10.8. The minimum absolute atomic E-state index is 0.164. The normalized spacial score (nSPS) is 12.6. The third-order valence-corrected chi connectivity index (χ3v) is 2.56. The van der Waals surface area contributed by atoms with E-state index in [9.17, 15) is 13.2 Å². The molecule has 94 valence electrons. The van der Waals surface area contributed by atoms with Crippen LogP contribution in [0.2, 0.25) is 0 Å². The summed E-state index contributed by atoms with van der Waals surface area (Å²) in [5.41, 5.74) is 1.23. The van der Waals surface area contributed by atoms with Gasteiger partial charge in [0.05, 0.1) is 0 Å². The van der Waals surface area contributed by atoms with E-state index in [-0.39, 0.29) is 5.75 Å². The van der Waals surface area contributed by atoms with Gasteiger partial charge in [-0.2, -0.15) is 0 Å². The van der Waals surface area contributed by atoms with Gasteiger partial charge in [0.2, 0.25) is 0 Å². The van der Waals surface area contributed by atoms with Crippen LogP contribution in [0.1, 0.15) is 18.9 Å². The third-order valence-electron chi connectivity index (χ3n) is 2.10. The van der Waals surface area contributed by atoms with Crippen LogP contribution in [0.25, 0.3) is 5.57 Å². The first kappa shape index (κ1) is 14.1. The van der Waals surface area contributed by atoms with E-state index in [0.29, 0.717) is 5.56 Å². The first-order valence-electron chi connectivity index (χ1n) is 5.02. The number of halogens is 4. The van der Waals surface area contributed by atoms with Crippen LogP contribution in [0.15, 0.2) is 30.3 Å². The molecular weight excluding hydrogens is 297 g/mol. The topological polar surface area (TPSA) is 9.23 Å². The van der Waals surface area contributed by atoms with E-state index in [0.717, 1.165) is 17.3 Å². The molecule has 0 atom stereocenters. The molecule has 0 saturated heterocycles. The minimum Gasteiger partial charge on any atom is -0.405 e. The maximum atomic E-state index is 12.2. The molecule has 0 aliphatic heterocycles. The van der Waals surface area contributed by atoms with Crippen LogP contribution < -0.4 is 4.74 Å². The van der Waals surface area contributed by atoms with Crippen LogP contribution in [0.5, 0.6) is 5.75 Å². The standard InChI is InChI=1S/C12H12BrF3O/c1-9(5-4-8-13)10-6-2-3-7-11(10)17-12(14,15)16/h2-3,5-7H,4,8H2,1H3. The highest BCUT2D eigenvalue weighted by molar-refractivity contribution is 9.09. The second-order valence-corrected chi connectivity index (χ2v) is 4.20. The van der Waals surface area contributed by atoms with Crippen molar-refractivity contribution >= 4 is 21.5 Å². The second-order valence-electron chi connectivity index (χ2n) is 3.41. The Hall–Kier alpha value is -0.970. The maximum absolute atomic E-state index is 12.2.